The maximum absolute atomic E-state index is 5.79. The first-order valence-corrected chi connectivity index (χ1v) is 7.27. The van der Waals surface area contributed by atoms with Gasteiger partial charge in [-0.1, -0.05) is 18.2 Å². The molecule has 2 aromatic rings. The van der Waals surface area contributed by atoms with Crippen molar-refractivity contribution in [2.45, 2.75) is 6.92 Å². The molecule has 1 aliphatic heterocycles. The molecule has 1 fully saturated rings. The first-order chi connectivity index (χ1) is 10.7. The Bertz CT molecular complexity index is 670. The van der Waals surface area contributed by atoms with E-state index in [0.29, 0.717) is 0 Å². The fourth-order valence-corrected chi connectivity index (χ4v) is 2.64. The van der Waals surface area contributed by atoms with Crippen LogP contribution in [0.1, 0.15) is 12.5 Å². The van der Waals surface area contributed by atoms with Crippen LogP contribution in [0.5, 0.6) is 0 Å². The predicted octanol–water partition coefficient (Wildman–Crippen LogP) is 1.12. The van der Waals surface area contributed by atoms with E-state index >= 15 is 0 Å². The fourth-order valence-electron chi connectivity index (χ4n) is 2.64. The van der Waals surface area contributed by atoms with E-state index in [4.69, 9.17) is 16.2 Å². The molecule has 7 nitrogen and oxygen atoms in total. The average molecular weight is 300 g/mol. The molecule has 1 aliphatic rings. The monoisotopic (exact) mass is 300 g/mol. The van der Waals surface area contributed by atoms with Gasteiger partial charge in [0.15, 0.2) is 0 Å². The Kier molecular flexibility index (Phi) is 3.97. The Labute approximate surface area is 129 Å². The summed E-state index contributed by atoms with van der Waals surface area (Å²) in [4.78, 5) is 6.24. The number of rotatable bonds is 3. The summed E-state index contributed by atoms with van der Waals surface area (Å²) in [6, 6.07) is 8.03. The highest BCUT2D eigenvalue weighted by molar-refractivity contribution is 5.65. The van der Waals surface area contributed by atoms with Crippen LogP contribution >= 0.6 is 0 Å². The molecule has 0 atom stereocenters. The molecule has 0 radical (unpaired) electrons. The van der Waals surface area contributed by atoms with Crippen molar-refractivity contribution in [1.29, 1.82) is 0 Å². The molecule has 1 aromatic heterocycles. The minimum Gasteiger partial charge on any atom is -0.378 e. The van der Waals surface area contributed by atoms with E-state index in [1.54, 1.807) is 0 Å². The van der Waals surface area contributed by atoms with Gasteiger partial charge in [0.1, 0.15) is 0 Å². The second kappa shape index (κ2) is 6.07. The van der Waals surface area contributed by atoms with E-state index in [2.05, 4.69) is 40.1 Å². The van der Waals surface area contributed by atoms with Crippen molar-refractivity contribution in [1.82, 2.24) is 19.7 Å². The van der Waals surface area contributed by atoms with Gasteiger partial charge < -0.3 is 21.1 Å². The van der Waals surface area contributed by atoms with Gasteiger partial charge in [-0.15, -0.1) is 5.10 Å². The van der Waals surface area contributed by atoms with E-state index in [9.17, 15) is 0 Å². The number of nitrogens with two attached hydrogens (primary N) is 2. The Morgan fingerprint density at radius 1 is 1.18 bits per heavy atom. The highest BCUT2D eigenvalue weighted by Crippen LogP contribution is 2.22. The van der Waals surface area contributed by atoms with Crippen LogP contribution in [0.25, 0.3) is 11.4 Å². The number of anilines is 2. The molecule has 2 heterocycles. The van der Waals surface area contributed by atoms with E-state index < -0.39 is 0 Å². The topological polar surface area (TPSA) is 95.2 Å². The Balaban J connectivity index is 1.85. The molecule has 4 N–H and O–H groups in total. The van der Waals surface area contributed by atoms with Gasteiger partial charge >= 0.3 is 0 Å². The molecule has 0 bridgehead atoms. The van der Waals surface area contributed by atoms with Gasteiger partial charge in [-0.2, -0.15) is 9.67 Å². The van der Waals surface area contributed by atoms with E-state index in [1.165, 1.54) is 10.4 Å². The van der Waals surface area contributed by atoms with Gasteiger partial charge in [0.2, 0.25) is 11.9 Å². The Morgan fingerprint density at radius 2 is 1.86 bits per heavy atom. The molecule has 7 heteroatoms. The van der Waals surface area contributed by atoms with Crippen LogP contribution in [0, 0.1) is 0 Å². The van der Waals surface area contributed by atoms with Crippen molar-refractivity contribution in [3.63, 3.8) is 0 Å². The summed E-state index contributed by atoms with van der Waals surface area (Å²) in [6.45, 7) is 5.41. The lowest BCUT2D eigenvalue weighted by molar-refractivity contribution is 0.0639. The fraction of sp³-hybridized carbons (Fsp3) is 0.333. The minimum absolute atomic E-state index is 0.170. The summed E-state index contributed by atoms with van der Waals surface area (Å²) in [6.07, 6.45) is 2.13. The molecular weight excluding hydrogens is 280 g/mol. The van der Waals surface area contributed by atoms with E-state index in [-0.39, 0.29) is 11.9 Å². The van der Waals surface area contributed by atoms with Crippen LogP contribution in [0.2, 0.25) is 0 Å². The largest absolute Gasteiger partial charge is 0.378 e. The maximum atomic E-state index is 5.79. The highest BCUT2D eigenvalue weighted by Gasteiger charge is 2.15. The lowest BCUT2D eigenvalue weighted by Crippen LogP contribution is -2.34. The molecule has 22 heavy (non-hydrogen) atoms. The van der Waals surface area contributed by atoms with Crippen LogP contribution in [0.15, 0.2) is 30.3 Å². The quantitative estimate of drug-likeness (QED) is 0.882. The molecule has 0 unspecified atom stereocenters. The third-order valence-electron chi connectivity index (χ3n) is 3.68. The number of hydrogen-bond donors (Lipinski definition) is 2. The molecule has 1 saturated heterocycles. The smallest absolute Gasteiger partial charge is 0.241 e. The molecule has 3 rings (SSSR count). The highest BCUT2D eigenvalue weighted by atomic mass is 16.5. The molecule has 0 amide bonds. The maximum Gasteiger partial charge on any atom is 0.241 e. The summed E-state index contributed by atoms with van der Waals surface area (Å²) in [7, 11) is 0. The standard InChI is InChI=1S/C15H20N6O/c1-2-13(20-7-9-22-10-8-20)11-3-5-12(6-4-11)21-15(17)18-14(16)19-21/h2-6H,7-10H2,1H3,(H4,16,17,18,19). The number of ether oxygens (including phenoxy) is 1. The number of allylic oxidation sites excluding steroid dienone is 1. The van der Waals surface area contributed by atoms with E-state index in [1.807, 2.05) is 12.1 Å². The van der Waals surface area contributed by atoms with Crippen molar-refractivity contribution in [2.24, 2.45) is 0 Å². The van der Waals surface area contributed by atoms with Crippen LogP contribution in [0.3, 0.4) is 0 Å². The third-order valence-corrected chi connectivity index (χ3v) is 3.68. The lowest BCUT2D eigenvalue weighted by atomic mass is 10.1. The summed E-state index contributed by atoms with van der Waals surface area (Å²) in [5.74, 6) is 0.453. The summed E-state index contributed by atoms with van der Waals surface area (Å²) < 4.78 is 6.94. The molecule has 0 saturated carbocycles. The Hall–Kier alpha value is -2.54. The van der Waals surface area contributed by atoms with Crippen molar-refractivity contribution < 1.29 is 4.74 Å². The third kappa shape index (κ3) is 2.75. The number of aromatic nitrogens is 3. The number of nitrogen functional groups attached to an aromatic ring is 2. The SMILES string of the molecule is CC=C(c1ccc(-n2nc(N)nc2N)cc1)N1CCOCC1. The zero-order valence-corrected chi connectivity index (χ0v) is 12.6. The predicted molar refractivity (Wildman–Crippen MR) is 86.2 cm³/mol. The van der Waals surface area contributed by atoms with Crippen molar-refractivity contribution in [3.8, 4) is 5.69 Å². The van der Waals surface area contributed by atoms with Gasteiger partial charge in [0.05, 0.1) is 18.9 Å². The summed E-state index contributed by atoms with van der Waals surface area (Å²) in [5.41, 5.74) is 14.6. The number of morpholine rings is 1. The van der Waals surface area contributed by atoms with Gasteiger partial charge in [-0.3, -0.25) is 0 Å². The van der Waals surface area contributed by atoms with Crippen molar-refractivity contribution >= 4 is 17.6 Å². The van der Waals surface area contributed by atoms with Gasteiger partial charge in [-0.25, -0.2) is 0 Å². The normalized spacial score (nSPS) is 16.0. The number of benzene rings is 1. The second-order valence-electron chi connectivity index (χ2n) is 5.06. The summed E-state index contributed by atoms with van der Waals surface area (Å²) >= 11 is 0. The molecule has 116 valence electrons. The zero-order valence-electron chi connectivity index (χ0n) is 12.6. The summed E-state index contributed by atoms with van der Waals surface area (Å²) in [5, 5.41) is 4.08. The molecule has 0 aliphatic carbocycles. The van der Waals surface area contributed by atoms with Crippen LogP contribution in [-0.4, -0.2) is 46.0 Å². The van der Waals surface area contributed by atoms with Crippen LogP contribution in [0.4, 0.5) is 11.9 Å². The van der Waals surface area contributed by atoms with Gasteiger partial charge in [0, 0.05) is 18.8 Å². The lowest BCUT2D eigenvalue weighted by Gasteiger charge is -2.31. The molecule has 0 spiro atoms. The second-order valence-corrected chi connectivity index (χ2v) is 5.06. The van der Waals surface area contributed by atoms with Crippen molar-refractivity contribution in [3.05, 3.63) is 35.9 Å². The molecule has 1 aromatic carbocycles. The van der Waals surface area contributed by atoms with Crippen molar-refractivity contribution in [2.75, 3.05) is 37.8 Å². The average Bonchev–Trinajstić information content (AvgIpc) is 2.88. The first-order valence-electron chi connectivity index (χ1n) is 7.27. The minimum atomic E-state index is 0.170. The number of hydrogen-bond acceptors (Lipinski definition) is 6. The first kappa shape index (κ1) is 14.4. The van der Waals surface area contributed by atoms with Crippen LogP contribution in [-0.2, 0) is 4.74 Å². The van der Waals surface area contributed by atoms with E-state index in [0.717, 1.165) is 37.6 Å². The van der Waals surface area contributed by atoms with Crippen LogP contribution < -0.4 is 11.5 Å². The molecular formula is C15H20N6O. The number of nitrogens with zero attached hydrogens (tertiary/aromatic N) is 4. The Morgan fingerprint density at radius 3 is 2.41 bits per heavy atom. The van der Waals surface area contributed by atoms with Gasteiger partial charge in [0.25, 0.3) is 0 Å². The zero-order chi connectivity index (χ0) is 15.5. The van der Waals surface area contributed by atoms with Gasteiger partial charge in [-0.05, 0) is 24.6 Å².